The number of hydrogen-bond acceptors (Lipinski definition) is 2. The Morgan fingerprint density at radius 3 is 2.92 bits per heavy atom. The second-order valence-corrected chi connectivity index (χ2v) is 3.65. The second kappa shape index (κ2) is 4.82. The summed E-state index contributed by atoms with van der Waals surface area (Å²) in [5.74, 6) is 4.92. The molecule has 0 bridgehead atoms. The van der Waals surface area contributed by atoms with Gasteiger partial charge in [0, 0.05) is 9.50 Å². The highest BCUT2D eigenvalue weighted by atomic mass is 79.9. The topological polar surface area (TPSA) is 35.2 Å². The average Bonchev–Trinajstić information content (AvgIpc) is 2.07. The molecule has 0 fully saturated rings. The van der Waals surface area contributed by atoms with Crippen molar-refractivity contribution in [3.8, 4) is 0 Å². The molecular weight excluding hydrogens is 241 g/mol. The maximum absolute atomic E-state index is 5.80. The van der Waals surface area contributed by atoms with Gasteiger partial charge in [-0.1, -0.05) is 27.5 Å². The van der Waals surface area contributed by atoms with Crippen LogP contribution in [0.15, 0.2) is 22.7 Å². The summed E-state index contributed by atoms with van der Waals surface area (Å²) < 4.78 is 1.03. The summed E-state index contributed by atoms with van der Waals surface area (Å²) in [5, 5.41) is 0.727. The van der Waals surface area contributed by atoms with Crippen LogP contribution in [0, 0.1) is 0 Å². The van der Waals surface area contributed by atoms with E-state index in [2.05, 4.69) is 20.8 Å². The number of rotatable bonds is 3. The molecule has 1 rings (SSSR count). The molecule has 0 amide bonds. The predicted octanol–water partition coefficient (Wildman–Crippen LogP) is 2.54. The van der Waals surface area contributed by atoms with Crippen LogP contribution < -0.4 is 5.90 Å². The van der Waals surface area contributed by atoms with Crippen LogP contribution in [-0.2, 0) is 11.3 Å². The van der Waals surface area contributed by atoms with Crippen molar-refractivity contribution in [3.05, 3.63) is 33.3 Å². The van der Waals surface area contributed by atoms with Crippen molar-refractivity contribution in [1.29, 1.82) is 0 Å². The molecule has 0 radical (unpaired) electrons. The molecule has 12 heavy (non-hydrogen) atoms. The van der Waals surface area contributed by atoms with E-state index in [-0.39, 0.29) is 0 Å². The normalized spacial score (nSPS) is 10.2. The molecule has 2 nitrogen and oxygen atoms in total. The molecule has 0 spiro atoms. The Kier molecular flexibility index (Phi) is 4.01. The molecule has 1 aromatic rings. The molecule has 0 aliphatic heterocycles. The van der Waals surface area contributed by atoms with Gasteiger partial charge in [-0.3, -0.25) is 0 Å². The maximum atomic E-state index is 5.80. The van der Waals surface area contributed by atoms with Crippen LogP contribution in [0.4, 0.5) is 0 Å². The van der Waals surface area contributed by atoms with Crippen LogP contribution in [0.25, 0.3) is 0 Å². The summed E-state index contributed by atoms with van der Waals surface area (Å²) in [4.78, 5) is 4.48. The number of halogens is 2. The van der Waals surface area contributed by atoms with E-state index in [0.717, 1.165) is 21.5 Å². The molecule has 1 aromatic carbocycles. The van der Waals surface area contributed by atoms with E-state index in [1.54, 1.807) is 0 Å². The first-order chi connectivity index (χ1) is 5.74. The van der Waals surface area contributed by atoms with Crippen LogP contribution in [0.2, 0.25) is 5.02 Å². The standard InChI is InChI=1S/C8H9BrClNO/c9-8-2-1-7(10)5-6(8)3-4-12-11/h1-2,5H,3-4,11H2. The zero-order chi connectivity index (χ0) is 8.97. The van der Waals surface area contributed by atoms with Gasteiger partial charge in [-0.2, -0.15) is 0 Å². The molecule has 0 heterocycles. The molecule has 4 heteroatoms. The third-order valence-electron chi connectivity index (χ3n) is 1.50. The van der Waals surface area contributed by atoms with Crippen molar-refractivity contribution in [2.24, 2.45) is 5.90 Å². The summed E-state index contributed by atoms with van der Waals surface area (Å²) in [5.41, 5.74) is 1.10. The van der Waals surface area contributed by atoms with Crippen LogP contribution in [0.3, 0.4) is 0 Å². The number of nitrogens with two attached hydrogens (primary N) is 1. The molecule has 66 valence electrons. The first-order valence-electron chi connectivity index (χ1n) is 3.49. The molecular formula is C8H9BrClNO. The van der Waals surface area contributed by atoms with E-state index < -0.39 is 0 Å². The summed E-state index contributed by atoms with van der Waals surface area (Å²) in [6, 6.07) is 5.64. The Morgan fingerprint density at radius 2 is 2.25 bits per heavy atom. The lowest BCUT2D eigenvalue weighted by Crippen LogP contribution is -2.03. The van der Waals surface area contributed by atoms with Crippen molar-refractivity contribution in [1.82, 2.24) is 0 Å². The van der Waals surface area contributed by atoms with Crippen molar-refractivity contribution in [2.75, 3.05) is 6.61 Å². The van der Waals surface area contributed by atoms with Gasteiger partial charge in [-0.05, 0) is 30.2 Å². The highest BCUT2D eigenvalue weighted by molar-refractivity contribution is 9.10. The lowest BCUT2D eigenvalue weighted by molar-refractivity contribution is 0.141. The highest BCUT2D eigenvalue weighted by Gasteiger charge is 1.99. The Balaban J connectivity index is 2.75. The fourth-order valence-electron chi connectivity index (χ4n) is 0.904. The van der Waals surface area contributed by atoms with E-state index in [9.17, 15) is 0 Å². The van der Waals surface area contributed by atoms with Gasteiger partial charge in [0.25, 0.3) is 0 Å². The predicted molar refractivity (Wildman–Crippen MR) is 53.0 cm³/mol. The van der Waals surface area contributed by atoms with Gasteiger partial charge in [0.15, 0.2) is 0 Å². The van der Waals surface area contributed by atoms with Gasteiger partial charge < -0.3 is 4.84 Å². The summed E-state index contributed by atoms with van der Waals surface area (Å²) in [6.45, 7) is 0.499. The summed E-state index contributed by atoms with van der Waals surface area (Å²) in [6.07, 6.45) is 0.762. The first kappa shape index (κ1) is 9.99. The van der Waals surface area contributed by atoms with Crippen molar-refractivity contribution in [3.63, 3.8) is 0 Å². The van der Waals surface area contributed by atoms with Crippen molar-refractivity contribution in [2.45, 2.75) is 6.42 Å². The molecule has 0 saturated carbocycles. The quantitative estimate of drug-likeness (QED) is 0.837. The van der Waals surface area contributed by atoms with Gasteiger partial charge in [0.05, 0.1) is 6.61 Å². The van der Waals surface area contributed by atoms with E-state index in [1.165, 1.54) is 0 Å². The molecule has 0 aliphatic rings. The van der Waals surface area contributed by atoms with Gasteiger partial charge >= 0.3 is 0 Å². The molecule has 0 atom stereocenters. The van der Waals surface area contributed by atoms with Crippen LogP contribution in [-0.4, -0.2) is 6.61 Å². The maximum Gasteiger partial charge on any atom is 0.0720 e. The van der Waals surface area contributed by atoms with Crippen LogP contribution >= 0.6 is 27.5 Å². The monoisotopic (exact) mass is 249 g/mol. The molecule has 0 aliphatic carbocycles. The van der Waals surface area contributed by atoms with Gasteiger partial charge in [-0.15, -0.1) is 0 Å². The van der Waals surface area contributed by atoms with Gasteiger partial charge in [-0.25, -0.2) is 5.90 Å². The molecule has 2 N–H and O–H groups in total. The highest BCUT2D eigenvalue weighted by Crippen LogP contribution is 2.21. The summed E-state index contributed by atoms with van der Waals surface area (Å²) in [7, 11) is 0. The Hall–Kier alpha value is -0.0900. The molecule has 0 saturated heterocycles. The largest absolute Gasteiger partial charge is 0.304 e. The molecule has 0 unspecified atom stereocenters. The summed E-state index contributed by atoms with van der Waals surface area (Å²) >= 11 is 9.21. The minimum absolute atomic E-state index is 0.499. The molecule has 0 aromatic heterocycles. The minimum Gasteiger partial charge on any atom is -0.304 e. The zero-order valence-corrected chi connectivity index (χ0v) is 8.73. The Morgan fingerprint density at radius 1 is 1.50 bits per heavy atom. The van der Waals surface area contributed by atoms with Crippen molar-refractivity contribution < 1.29 is 4.84 Å². The van der Waals surface area contributed by atoms with E-state index in [4.69, 9.17) is 17.5 Å². The zero-order valence-electron chi connectivity index (χ0n) is 6.39. The van der Waals surface area contributed by atoms with Crippen molar-refractivity contribution >= 4 is 27.5 Å². The van der Waals surface area contributed by atoms with E-state index in [0.29, 0.717) is 6.61 Å². The van der Waals surface area contributed by atoms with Crippen LogP contribution in [0.1, 0.15) is 5.56 Å². The smallest absolute Gasteiger partial charge is 0.0720 e. The van der Waals surface area contributed by atoms with Gasteiger partial charge in [0.2, 0.25) is 0 Å². The lowest BCUT2D eigenvalue weighted by Gasteiger charge is -2.03. The fraction of sp³-hybridized carbons (Fsp3) is 0.250. The second-order valence-electron chi connectivity index (χ2n) is 2.36. The third-order valence-corrected chi connectivity index (χ3v) is 2.51. The Labute approximate surface area is 84.7 Å². The lowest BCUT2D eigenvalue weighted by atomic mass is 10.2. The SMILES string of the molecule is NOCCc1cc(Cl)ccc1Br. The van der Waals surface area contributed by atoms with Crippen LogP contribution in [0.5, 0.6) is 0 Å². The number of hydrogen-bond donors (Lipinski definition) is 1. The third kappa shape index (κ3) is 2.75. The minimum atomic E-state index is 0.499. The fourth-order valence-corrected chi connectivity index (χ4v) is 1.54. The number of benzene rings is 1. The van der Waals surface area contributed by atoms with E-state index in [1.807, 2.05) is 18.2 Å². The Bertz CT molecular complexity index is 267. The van der Waals surface area contributed by atoms with Gasteiger partial charge in [0.1, 0.15) is 0 Å². The average molecular weight is 251 g/mol. The van der Waals surface area contributed by atoms with E-state index >= 15 is 0 Å². The first-order valence-corrected chi connectivity index (χ1v) is 4.66.